The predicted molar refractivity (Wildman–Crippen MR) is 94.7 cm³/mol. The van der Waals surface area contributed by atoms with Gasteiger partial charge in [-0.1, -0.05) is 60.7 Å². The molecule has 0 N–H and O–H groups in total. The number of sulfonamides is 1. The molecule has 5 nitrogen and oxygen atoms in total. The molecule has 130 valence electrons. The number of ether oxygens (including phenoxy) is 1. The Morgan fingerprint density at radius 2 is 1.76 bits per heavy atom. The number of cyclic esters (lactones) is 1. The third kappa shape index (κ3) is 3.30. The van der Waals surface area contributed by atoms with E-state index in [9.17, 15) is 13.2 Å². The second-order valence-corrected chi connectivity index (χ2v) is 7.81. The molecule has 2 atom stereocenters. The van der Waals surface area contributed by atoms with Crippen molar-refractivity contribution < 1.29 is 17.9 Å². The summed E-state index contributed by atoms with van der Waals surface area (Å²) in [4.78, 5) is 12.4. The summed E-state index contributed by atoms with van der Waals surface area (Å²) in [6.45, 7) is 5.58. The summed E-state index contributed by atoms with van der Waals surface area (Å²) in [5, 5.41) is 0. The number of aryl methyl sites for hydroxylation is 1. The molecule has 0 saturated carbocycles. The van der Waals surface area contributed by atoms with Gasteiger partial charge in [0.25, 0.3) is 10.0 Å². The molecule has 1 aliphatic heterocycles. The van der Waals surface area contributed by atoms with E-state index in [1.165, 1.54) is 18.2 Å². The average molecular weight is 357 g/mol. The molecule has 3 rings (SSSR count). The summed E-state index contributed by atoms with van der Waals surface area (Å²) < 4.78 is 31.9. The van der Waals surface area contributed by atoms with Crippen LogP contribution in [0.5, 0.6) is 0 Å². The highest BCUT2D eigenvalue weighted by molar-refractivity contribution is 7.89. The fraction of sp³-hybridized carbons (Fsp3) is 0.211. The number of carbonyl (C=O) groups is 1. The number of amides is 1. The van der Waals surface area contributed by atoms with Crippen LogP contribution >= 0.6 is 0 Å². The van der Waals surface area contributed by atoms with Crippen molar-refractivity contribution in [2.75, 3.05) is 6.54 Å². The molecule has 2 aromatic rings. The largest absolute Gasteiger partial charge is 0.440 e. The van der Waals surface area contributed by atoms with E-state index in [1.54, 1.807) is 12.1 Å². The van der Waals surface area contributed by atoms with E-state index in [4.69, 9.17) is 4.74 Å². The smallest absolute Gasteiger partial charge is 0.424 e. The Balaban J connectivity index is 1.97. The Hall–Kier alpha value is -2.60. The minimum absolute atomic E-state index is 0.00967. The van der Waals surface area contributed by atoms with Crippen LogP contribution in [0.15, 0.2) is 72.1 Å². The first kappa shape index (κ1) is 17.2. The highest BCUT2D eigenvalue weighted by atomic mass is 32.2. The van der Waals surface area contributed by atoms with E-state index >= 15 is 0 Å². The van der Waals surface area contributed by atoms with Crippen LogP contribution in [-0.2, 0) is 14.8 Å². The molecule has 0 bridgehead atoms. The third-order valence-corrected chi connectivity index (χ3v) is 6.01. The van der Waals surface area contributed by atoms with Gasteiger partial charge in [0.2, 0.25) is 0 Å². The molecule has 0 unspecified atom stereocenters. The van der Waals surface area contributed by atoms with Gasteiger partial charge in [0, 0.05) is 5.92 Å². The van der Waals surface area contributed by atoms with Crippen molar-refractivity contribution in [2.45, 2.75) is 23.8 Å². The Labute approximate surface area is 147 Å². The van der Waals surface area contributed by atoms with Crippen molar-refractivity contribution in [3.8, 4) is 0 Å². The van der Waals surface area contributed by atoms with Crippen molar-refractivity contribution in [1.29, 1.82) is 0 Å². The van der Waals surface area contributed by atoms with Gasteiger partial charge in [-0.3, -0.25) is 0 Å². The van der Waals surface area contributed by atoms with E-state index in [0.717, 1.165) is 15.4 Å². The Kier molecular flexibility index (Phi) is 4.63. The molecule has 6 heteroatoms. The lowest BCUT2D eigenvalue weighted by atomic mass is 9.92. The molecule has 0 aliphatic carbocycles. The van der Waals surface area contributed by atoms with Gasteiger partial charge >= 0.3 is 6.09 Å². The quantitative estimate of drug-likeness (QED) is 0.786. The molecule has 25 heavy (non-hydrogen) atoms. The molecule has 1 saturated heterocycles. The van der Waals surface area contributed by atoms with E-state index in [-0.39, 0.29) is 17.4 Å². The van der Waals surface area contributed by atoms with Gasteiger partial charge in [-0.25, -0.2) is 13.2 Å². The maximum absolute atomic E-state index is 12.9. The lowest BCUT2D eigenvalue weighted by Gasteiger charge is -2.36. The molecule has 1 aliphatic rings. The van der Waals surface area contributed by atoms with Gasteiger partial charge in [0.1, 0.15) is 6.10 Å². The van der Waals surface area contributed by atoms with Crippen LogP contribution in [0.2, 0.25) is 0 Å². The van der Waals surface area contributed by atoms with Crippen LogP contribution in [-0.4, -0.2) is 31.5 Å². The van der Waals surface area contributed by atoms with E-state index in [1.807, 2.05) is 37.3 Å². The molecule has 0 spiro atoms. The normalized spacial score (nSPS) is 20.8. The molecular weight excluding hydrogens is 338 g/mol. The van der Waals surface area contributed by atoms with Crippen molar-refractivity contribution in [1.82, 2.24) is 4.31 Å². The summed E-state index contributed by atoms with van der Waals surface area (Å²) >= 11 is 0. The summed E-state index contributed by atoms with van der Waals surface area (Å²) in [7, 11) is -3.98. The van der Waals surface area contributed by atoms with Gasteiger partial charge in [0.15, 0.2) is 0 Å². The first-order chi connectivity index (χ1) is 11.9. The van der Waals surface area contributed by atoms with Crippen LogP contribution < -0.4 is 0 Å². The number of nitrogens with zero attached hydrogens (tertiary/aromatic N) is 1. The van der Waals surface area contributed by atoms with Crippen LogP contribution in [0.3, 0.4) is 0 Å². The highest BCUT2D eigenvalue weighted by Gasteiger charge is 2.41. The molecule has 2 aromatic carbocycles. The summed E-state index contributed by atoms with van der Waals surface area (Å²) in [6.07, 6.45) is 0.0859. The van der Waals surface area contributed by atoms with Crippen molar-refractivity contribution >= 4 is 16.1 Å². The van der Waals surface area contributed by atoms with Crippen molar-refractivity contribution in [3.05, 3.63) is 78.4 Å². The van der Waals surface area contributed by atoms with Gasteiger partial charge in [0.05, 0.1) is 11.4 Å². The minimum atomic E-state index is -3.98. The van der Waals surface area contributed by atoms with Crippen LogP contribution in [0.1, 0.15) is 17.0 Å². The van der Waals surface area contributed by atoms with Gasteiger partial charge in [-0.05, 0) is 24.6 Å². The summed E-state index contributed by atoms with van der Waals surface area (Å²) in [5.74, 6) is -0.309. The fourth-order valence-electron chi connectivity index (χ4n) is 2.86. The molecular formula is C19H19NO4S. The number of benzene rings is 2. The number of hydrogen-bond acceptors (Lipinski definition) is 4. The van der Waals surface area contributed by atoms with E-state index < -0.39 is 22.2 Å². The Morgan fingerprint density at radius 1 is 1.12 bits per heavy atom. The number of carbonyl (C=O) groups excluding carboxylic acids is 1. The highest BCUT2D eigenvalue weighted by Crippen LogP contribution is 2.32. The second-order valence-electron chi connectivity index (χ2n) is 5.95. The van der Waals surface area contributed by atoms with E-state index in [0.29, 0.717) is 0 Å². The molecule has 1 amide bonds. The zero-order chi connectivity index (χ0) is 18.0. The number of hydrogen-bond donors (Lipinski definition) is 0. The predicted octanol–water partition coefficient (Wildman–Crippen LogP) is 3.47. The number of rotatable bonds is 4. The Bertz CT molecular complexity index is 875. The zero-order valence-electron chi connectivity index (χ0n) is 13.8. The van der Waals surface area contributed by atoms with Crippen molar-refractivity contribution in [2.24, 2.45) is 0 Å². The van der Waals surface area contributed by atoms with Gasteiger partial charge in [-0.15, -0.1) is 0 Å². The lowest BCUT2D eigenvalue weighted by Crippen LogP contribution is -2.48. The first-order valence-electron chi connectivity index (χ1n) is 7.91. The fourth-order valence-corrected chi connectivity index (χ4v) is 4.19. The lowest BCUT2D eigenvalue weighted by molar-refractivity contribution is 0.0574. The van der Waals surface area contributed by atoms with Gasteiger partial charge in [-0.2, -0.15) is 4.31 Å². The minimum Gasteiger partial charge on any atom is -0.440 e. The molecule has 1 heterocycles. The van der Waals surface area contributed by atoms with Crippen LogP contribution in [0.25, 0.3) is 0 Å². The third-order valence-electron chi connectivity index (χ3n) is 4.27. The SMILES string of the molecule is C=C[C@@H]1OC(=O)N(S(=O)(=O)c2ccc(C)cc2)C[C@H]1c1ccccc1. The maximum atomic E-state index is 12.9. The molecule has 0 radical (unpaired) electrons. The average Bonchev–Trinajstić information content (AvgIpc) is 2.62. The van der Waals surface area contributed by atoms with Crippen molar-refractivity contribution in [3.63, 3.8) is 0 Å². The molecule has 0 aromatic heterocycles. The Morgan fingerprint density at radius 3 is 2.36 bits per heavy atom. The monoisotopic (exact) mass is 357 g/mol. The van der Waals surface area contributed by atoms with Gasteiger partial charge < -0.3 is 4.74 Å². The van der Waals surface area contributed by atoms with Crippen LogP contribution in [0, 0.1) is 6.92 Å². The molecule has 1 fully saturated rings. The standard InChI is InChI=1S/C19H19NO4S/c1-3-18-17(15-7-5-4-6-8-15)13-20(19(21)24-18)25(22,23)16-11-9-14(2)10-12-16/h3-12,17-18H,1,13H2,2H3/t17-,18-/m0/s1. The first-order valence-corrected chi connectivity index (χ1v) is 9.35. The second kappa shape index (κ2) is 6.72. The topological polar surface area (TPSA) is 63.7 Å². The zero-order valence-corrected chi connectivity index (χ0v) is 14.6. The van der Waals surface area contributed by atoms with Crippen LogP contribution in [0.4, 0.5) is 4.79 Å². The maximum Gasteiger partial charge on any atom is 0.424 e. The summed E-state index contributed by atoms with van der Waals surface area (Å²) in [6, 6.07) is 15.8. The van der Waals surface area contributed by atoms with E-state index in [2.05, 4.69) is 6.58 Å². The summed E-state index contributed by atoms with van der Waals surface area (Å²) in [5.41, 5.74) is 1.83.